The summed E-state index contributed by atoms with van der Waals surface area (Å²) >= 11 is 0. The van der Waals surface area contributed by atoms with E-state index in [4.69, 9.17) is 14.6 Å². The first-order chi connectivity index (χ1) is 15.5. The van der Waals surface area contributed by atoms with Crippen molar-refractivity contribution in [1.29, 1.82) is 0 Å². The fourth-order valence-electron chi connectivity index (χ4n) is 4.13. The third-order valence-corrected chi connectivity index (χ3v) is 5.61. The van der Waals surface area contributed by atoms with Gasteiger partial charge in [-0.05, 0) is 22.3 Å². The van der Waals surface area contributed by atoms with Crippen molar-refractivity contribution < 1.29 is 29.0 Å². The number of hydrogen-bond donors (Lipinski definition) is 3. The Labute approximate surface area is 184 Å². The third kappa shape index (κ3) is 4.58. The van der Waals surface area contributed by atoms with Crippen molar-refractivity contribution in [3.05, 3.63) is 59.7 Å². The zero-order valence-corrected chi connectivity index (χ0v) is 17.2. The minimum atomic E-state index is -1.27. The van der Waals surface area contributed by atoms with Gasteiger partial charge in [0.2, 0.25) is 5.91 Å². The van der Waals surface area contributed by atoms with Crippen molar-refractivity contribution in [1.82, 2.24) is 10.6 Å². The van der Waals surface area contributed by atoms with Gasteiger partial charge in [-0.3, -0.25) is 4.79 Å². The lowest BCUT2D eigenvalue weighted by Gasteiger charge is -2.19. The molecule has 0 saturated carbocycles. The van der Waals surface area contributed by atoms with E-state index in [-0.39, 0.29) is 38.2 Å². The Morgan fingerprint density at radius 1 is 1.03 bits per heavy atom. The van der Waals surface area contributed by atoms with Gasteiger partial charge in [-0.2, -0.15) is 0 Å². The summed E-state index contributed by atoms with van der Waals surface area (Å²) in [6.45, 7) is 0.407. The minimum Gasteiger partial charge on any atom is -0.472 e. The molecule has 3 N–H and O–H groups in total. The van der Waals surface area contributed by atoms with Crippen LogP contribution in [0.1, 0.15) is 17.0 Å². The number of ether oxygens (including phenoxy) is 2. The molecule has 32 heavy (non-hydrogen) atoms. The SMILES string of the molecule is O=C(O)C#CCNC(=O)C1COCC1NC(=O)OCC1c2ccccc2-c2ccccc21. The number of benzene rings is 2. The highest BCUT2D eigenvalue weighted by molar-refractivity contribution is 5.87. The van der Waals surface area contributed by atoms with Crippen LogP contribution in [0.2, 0.25) is 0 Å². The van der Waals surface area contributed by atoms with Crippen LogP contribution < -0.4 is 10.6 Å². The first-order valence-corrected chi connectivity index (χ1v) is 10.2. The Kier molecular flexibility index (Phi) is 6.38. The summed E-state index contributed by atoms with van der Waals surface area (Å²) in [5.41, 5.74) is 4.52. The number of alkyl carbamates (subject to hydrolysis) is 1. The lowest BCUT2D eigenvalue weighted by Crippen LogP contribution is -2.46. The van der Waals surface area contributed by atoms with E-state index in [0.29, 0.717) is 0 Å². The summed E-state index contributed by atoms with van der Waals surface area (Å²) in [6, 6.07) is 15.6. The Balaban J connectivity index is 1.34. The van der Waals surface area contributed by atoms with Gasteiger partial charge in [0.1, 0.15) is 6.61 Å². The molecule has 1 aliphatic carbocycles. The maximum absolute atomic E-state index is 12.5. The second-order valence-electron chi connectivity index (χ2n) is 7.55. The Hall–Kier alpha value is -3.83. The van der Waals surface area contributed by atoms with Gasteiger partial charge in [0.05, 0.1) is 31.7 Å². The quantitative estimate of drug-likeness (QED) is 0.618. The van der Waals surface area contributed by atoms with Crippen molar-refractivity contribution in [2.45, 2.75) is 12.0 Å². The molecule has 0 spiro atoms. The molecule has 1 heterocycles. The van der Waals surface area contributed by atoms with Crippen LogP contribution in [-0.4, -0.2) is 55.5 Å². The smallest absolute Gasteiger partial charge is 0.407 e. The van der Waals surface area contributed by atoms with Crippen LogP contribution in [0.5, 0.6) is 0 Å². The number of hydrogen-bond acceptors (Lipinski definition) is 5. The largest absolute Gasteiger partial charge is 0.472 e. The Morgan fingerprint density at radius 3 is 2.34 bits per heavy atom. The molecule has 0 bridgehead atoms. The van der Waals surface area contributed by atoms with E-state index in [1.54, 1.807) is 0 Å². The summed E-state index contributed by atoms with van der Waals surface area (Å²) in [4.78, 5) is 35.2. The summed E-state index contributed by atoms with van der Waals surface area (Å²) < 4.78 is 10.9. The van der Waals surface area contributed by atoms with Crippen LogP contribution in [-0.2, 0) is 19.1 Å². The summed E-state index contributed by atoms with van der Waals surface area (Å²) in [7, 11) is 0. The highest BCUT2D eigenvalue weighted by Crippen LogP contribution is 2.44. The maximum Gasteiger partial charge on any atom is 0.407 e. The lowest BCUT2D eigenvalue weighted by molar-refractivity contribution is -0.130. The summed E-state index contributed by atoms with van der Waals surface area (Å²) in [5.74, 6) is 1.95. The fraction of sp³-hybridized carbons (Fsp3) is 0.292. The highest BCUT2D eigenvalue weighted by atomic mass is 16.5. The second kappa shape index (κ2) is 9.54. The minimum absolute atomic E-state index is 0.0557. The predicted octanol–water partition coefficient (Wildman–Crippen LogP) is 1.74. The molecule has 164 valence electrons. The van der Waals surface area contributed by atoms with Gasteiger partial charge < -0.3 is 25.2 Å². The van der Waals surface area contributed by atoms with Crippen molar-refractivity contribution in [3.8, 4) is 23.0 Å². The number of carbonyl (C=O) groups is 3. The van der Waals surface area contributed by atoms with E-state index in [2.05, 4.69) is 28.7 Å². The molecule has 8 heteroatoms. The Bertz CT molecular complexity index is 1060. The van der Waals surface area contributed by atoms with Gasteiger partial charge in [-0.1, -0.05) is 54.5 Å². The van der Waals surface area contributed by atoms with E-state index >= 15 is 0 Å². The van der Waals surface area contributed by atoms with Crippen LogP contribution in [0, 0.1) is 17.8 Å². The van der Waals surface area contributed by atoms with E-state index < -0.39 is 24.0 Å². The first-order valence-electron chi connectivity index (χ1n) is 10.2. The molecular formula is C24H22N2O6. The molecule has 8 nitrogen and oxygen atoms in total. The number of fused-ring (bicyclic) bond motifs is 3. The molecule has 2 unspecified atom stereocenters. The number of carboxylic acids is 1. The van der Waals surface area contributed by atoms with Gasteiger partial charge >= 0.3 is 12.1 Å². The van der Waals surface area contributed by atoms with Gasteiger partial charge in [0.25, 0.3) is 0 Å². The fourth-order valence-corrected chi connectivity index (χ4v) is 4.13. The van der Waals surface area contributed by atoms with Crippen LogP contribution in [0.15, 0.2) is 48.5 Å². The van der Waals surface area contributed by atoms with Gasteiger partial charge in [0, 0.05) is 11.8 Å². The molecule has 2 aromatic carbocycles. The zero-order valence-electron chi connectivity index (χ0n) is 17.2. The monoisotopic (exact) mass is 434 g/mol. The molecule has 2 atom stereocenters. The van der Waals surface area contributed by atoms with Crippen molar-refractivity contribution in [2.75, 3.05) is 26.4 Å². The molecule has 4 rings (SSSR count). The van der Waals surface area contributed by atoms with Gasteiger partial charge in [-0.15, -0.1) is 0 Å². The number of nitrogens with one attached hydrogen (secondary N) is 2. The number of aliphatic carboxylic acids is 1. The molecule has 1 aliphatic heterocycles. The maximum atomic E-state index is 12.5. The second-order valence-corrected chi connectivity index (χ2v) is 7.55. The summed E-state index contributed by atoms with van der Waals surface area (Å²) in [5, 5.41) is 13.7. The third-order valence-electron chi connectivity index (χ3n) is 5.61. The highest BCUT2D eigenvalue weighted by Gasteiger charge is 2.36. The molecule has 1 fully saturated rings. The average Bonchev–Trinajstić information content (AvgIpc) is 3.37. The standard InChI is InChI=1S/C24H22N2O6/c27-22(28)10-5-11-25-23(29)20-12-31-14-21(20)26-24(30)32-13-19-17-8-3-1-6-15(17)16-7-2-4-9-18(16)19/h1-4,6-9,19-21H,11-14H2,(H,25,29)(H,26,30)(H,27,28). The Morgan fingerprint density at radius 2 is 1.69 bits per heavy atom. The average molecular weight is 434 g/mol. The van der Waals surface area contributed by atoms with E-state index in [9.17, 15) is 14.4 Å². The molecule has 2 aromatic rings. The number of rotatable bonds is 5. The van der Waals surface area contributed by atoms with E-state index in [1.807, 2.05) is 42.3 Å². The molecule has 2 aliphatic rings. The van der Waals surface area contributed by atoms with Crippen LogP contribution in [0.3, 0.4) is 0 Å². The topological polar surface area (TPSA) is 114 Å². The van der Waals surface area contributed by atoms with Gasteiger partial charge in [0.15, 0.2) is 0 Å². The molecular weight excluding hydrogens is 412 g/mol. The van der Waals surface area contributed by atoms with E-state index in [1.165, 1.54) is 0 Å². The lowest BCUT2D eigenvalue weighted by atomic mass is 9.98. The number of carbonyl (C=O) groups excluding carboxylic acids is 2. The molecule has 0 radical (unpaired) electrons. The van der Waals surface area contributed by atoms with Crippen molar-refractivity contribution in [2.24, 2.45) is 5.92 Å². The predicted molar refractivity (Wildman–Crippen MR) is 115 cm³/mol. The van der Waals surface area contributed by atoms with Crippen molar-refractivity contribution in [3.63, 3.8) is 0 Å². The molecule has 0 aromatic heterocycles. The number of amides is 2. The van der Waals surface area contributed by atoms with E-state index in [0.717, 1.165) is 22.3 Å². The van der Waals surface area contributed by atoms with Crippen LogP contribution >= 0.6 is 0 Å². The normalized spacial score (nSPS) is 18.6. The first kappa shape index (κ1) is 21.4. The van der Waals surface area contributed by atoms with Crippen LogP contribution in [0.4, 0.5) is 4.79 Å². The van der Waals surface area contributed by atoms with Crippen molar-refractivity contribution >= 4 is 18.0 Å². The molecule has 1 saturated heterocycles. The number of carboxylic acid groups (broad SMARTS) is 1. The van der Waals surface area contributed by atoms with Gasteiger partial charge in [-0.25, -0.2) is 9.59 Å². The summed E-state index contributed by atoms with van der Waals surface area (Å²) in [6.07, 6.45) is -0.620. The molecule has 2 amide bonds. The zero-order chi connectivity index (χ0) is 22.5. The van der Waals surface area contributed by atoms with Crippen LogP contribution in [0.25, 0.3) is 11.1 Å².